The summed E-state index contributed by atoms with van der Waals surface area (Å²) in [6.07, 6.45) is 0. The van der Waals surface area contributed by atoms with Crippen LogP contribution in [0.15, 0.2) is 59.5 Å². The molecule has 0 amide bonds. The van der Waals surface area contributed by atoms with Gasteiger partial charge >= 0.3 is 0 Å². The fourth-order valence-corrected chi connectivity index (χ4v) is 4.23. The highest BCUT2D eigenvalue weighted by atomic mass is 32.2. The van der Waals surface area contributed by atoms with Crippen LogP contribution in [0.2, 0.25) is 0 Å². The molecule has 8 nitrogen and oxygen atoms in total. The number of hydrogen-bond acceptors (Lipinski definition) is 7. The lowest BCUT2D eigenvalue weighted by atomic mass is 10.3. The molecular weight excluding hydrogens is 421 g/mol. The minimum Gasteiger partial charge on any atom is -0.378 e. The van der Waals surface area contributed by atoms with Crippen molar-refractivity contribution in [1.82, 2.24) is 9.97 Å². The van der Waals surface area contributed by atoms with Crippen molar-refractivity contribution in [1.29, 1.82) is 0 Å². The first-order valence-corrected chi connectivity index (χ1v) is 11.2. The van der Waals surface area contributed by atoms with Crippen molar-refractivity contribution in [3.63, 3.8) is 0 Å². The predicted molar refractivity (Wildman–Crippen MR) is 117 cm³/mol. The van der Waals surface area contributed by atoms with Gasteiger partial charge in [-0.1, -0.05) is 6.07 Å². The van der Waals surface area contributed by atoms with Gasteiger partial charge in [0.1, 0.15) is 11.6 Å². The number of ether oxygens (including phenoxy) is 1. The number of rotatable bonds is 6. The molecule has 31 heavy (non-hydrogen) atoms. The Balaban J connectivity index is 1.47. The number of halogens is 1. The average molecular weight is 444 g/mol. The largest absolute Gasteiger partial charge is 0.378 e. The maximum Gasteiger partial charge on any atom is 0.261 e. The number of nitrogens with one attached hydrogen (secondary N) is 2. The highest BCUT2D eigenvalue weighted by Gasteiger charge is 2.16. The summed E-state index contributed by atoms with van der Waals surface area (Å²) < 4.78 is 46.0. The molecule has 0 unspecified atom stereocenters. The van der Waals surface area contributed by atoms with Gasteiger partial charge < -0.3 is 15.0 Å². The molecule has 0 bridgehead atoms. The molecule has 1 aromatic heterocycles. The number of aryl methyl sites for hydroxylation is 1. The van der Waals surface area contributed by atoms with Gasteiger partial charge in [-0.2, -0.15) is 4.98 Å². The number of nitrogens with zero attached hydrogens (tertiary/aromatic N) is 3. The van der Waals surface area contributed by atoms with E-state index in [-0.39, 0.29) is 4.90 Å². The molecule has 1 aliphatic rings. The molecule has 0 saturated carbocycles. The van der Waals surface area contributed by atoms with Crippen LogP contribution in [0.1, 0.15) is 5.69 Å². The Kier molecular flexibility index (Phi) is 6.01. The van der Waals surface area contributed by atoms with E-state index >= 15 is 0 Å². The molecule has 0 radical (unpaired) electrons. The SMILES string of the molecule is Cc1cc(Nc2ccc(NS(=O)(=O)c3cccc(F)c3)cc2)nc(N2CCOCC2)n1. The predicted octanol–water partition coefficient (Wildman–Crippen LogP) is 3.31. The van der Waals surface area contributed by atoms with Crippen molar-refractivity contribution in [2.24, 2.45) is 0 Å². The summed E-state index contributed by atoms with van der Waals surface area (Å²) >= 11 is 0. The maximum absolute atomic E-state index is 13.4. The molecule has 10 heteroatoms. The van der Waals surface area contributed by atoms with Crippen LogP contribution in [0.4, 0.5) is 27.5 Å². The van der Waals surface area contributed by atoms with Crippen LogP contribution in [-0.4, -0.2) is 44.7 Å². The lowest BCUT2D eigenvalue weighted by molar-refractivity contribution is 0.122. The van der Waals surface area contributed by atoms with Gasteiger partial charge in [-0.3, -0.25) is 4.72 Å². The van der Waals surface area contributed by atoms with Gasteiger partial charge in [0.2, 0.25) is 5.95 Å². The number of aromatic nitrogens is 2. The minimum atomic E-state index is -3.88. The zero-order valence-electron chi connectivity index (χ0n) is 16.9. The average Bonchev–Trinajstić information content (AvgIpc) is 2.75. The van der Waals surface area contributed by atoms with E-state index in [0.29, 0.717) is 30.7 Å². The molecule has 4 rings (SSSR count). The topological polar surface area (TPSA) is 96.5 Å². The summed E-state index contributed by atoms with van der Waals surface area (Å²) in [7, 11) is -3.88. The molecule has 1 fully saturated rings. The highest BCUT2D eigenvalue weighted by molar-refractivity contribution is 7.92. The Labute approximate surface area is 180 Å². The van der Waals surface area contributed by atoms with Crippen molar-refractivity contribution < 1.29 is 17.5 Å². The Bertz CT molecular complexity index is 1170. The van der Waals surface area contributed by atoms with Gasteiger partial charge in [-0.15, -0.1) is 0 Å². The van der Waals surface area contributed by atoms with E-state index in [2.05, 4.69) is 24.9 Å². The van der Waals surface area contributed by atoms with Crippen LogP contribution < -0.4 is 14.9 Å². The summed E-state index contributed by atoms with van der Waals surface area (Å²) in [5.74, 6) is 0.673. The summed E-state index contributed by atoms with van der Waals surface area (Å²) in [4.78, 5) is 11.0. The van der Waals surface area contributed by atoms with Crippen LogP contribution in [0.5, 0.6) is 0 Å². The van der Waals surface area contributed by atoms with Gasteiger partial charge in [-0.25, -0.2) is 17.8 Å². The number of hydrogen-bond donors (Lipinski definition) is 2. The Morgan fingerprint density at radius 3 is 2.42 bits per heavy atom. The Hall–Kier alpha value is -3.24. The minimum absolute atomic E-state index is 0.137. The first kappa shape index (κ1) is 21.0. The molecular formula is C21H22FN5O3S. The zero-order chi connectivity index (χ0) is 21.8. The first-order chi connectivity index (χ1) is 14.9. The third-order valence-corrected chi connectivity index (χ3v) is 6.03. The fraction of sp³-hybridized carbons (Fsp3) is 0.238. The lowest BCUT2D eigenvalue weighted by Crippen LogP contribution is -2.37. The molecule has 2 heterocycles. The van der Waals surface area contributed by atoms with Gasteiger partial charge in [0, 0.05) is 36.2 Å². The van der Waals surface area contributed by atoms with Gasteiger partial charge in [0.15, 0.2) is 0 Å². The normalized spacial score (nSPS) is 14.3. The number of anilines is 4. The lowest BCUT2D eigenvalue weighted by Gasteiger charge is -2.27. The van der Waals surface area contributed by atoms with Crippen molar-refractivity contribution in [2.45, 2.75) is 11.8 Å². The summed E-state index contributed by atoms with van der Waals surface area (Å²) in [5, 5.41) is 3.22. The third-order valence-electron chi connectivity index (χ3n) is 4.65. The zero-order valence-corrected chi connectivity index (χ0v) is 17.7. The number of morpholine rings is 1. The van der Waals surface area contributed by atoms with Crippen LogP contribution in [0.25, 0.3) is 0 Å². The van der Waals surface area contributed by atoms with Gasteiger partial charge in [-0.05, 0) is 49.4 Å². The molecule has 3 aromatic rings. The summed E-state index contributed by atoms with van der Waals surface area (Å²) in [6, 6.07) is 13.4. The standard InChI is InChI=1S/C21H22FN5O3S/c1-15-13-20(25-21(23-15)27-9-11-30-12-10-27)24-17-5-7-18(8-6-17)26-31(28,29)19-4-2-3-16(22)14-19/h2-8,13-14,26H,9-12H2,1H3,(H,23,24,25). The molecule has 2 aromatic carbocycles. The van der Waals surface area contributed by atoms with E-state index in [0.717, 1.165) is 30.5 Å². The number of benzene rings is 2. The second-order valence-corrected chi connectivity index (χ2v) is 8.74. The van der Waals surface area contributed by atoms with Crippen LogP contribution in [0, 0.1) is 12.7 Å². The molecule has 0 aliphatic carbocycles. The molecule has 1 saturated heterocycles. The van der Waals surface area contributed by atoms with Gasteiger partial charge in [0.05, 0.1) is 18.1 Å². The number of sulfonamides is 1. The third kappa shape index (κ3) is 5.28. The van der Waals surface area contributed by atoms with Crippen LogP contribution in [0.3, 0.4) is 0 Å². The van der Waals surface area contributed by atoms with Gasteiger partial charge in [0.25, 0.3) is 10.0 Å². The smallest absolute Gasteiger partial charge is 0.261 e. The Morgan fingerprint density at radius 1 is 1.00 bits per heavy atom. The summed E-state index contributed by atoms with van der Waals surface area (Å²) in [5.41, 5.74) is 1.93. The molecule has 0 spiro atoms. The van der Waals surface area contributed by atoms with E-state index in [1.54, 1.807) is 24.3 Å². The quantitative estimate of drug-likeness (QED) is 0.603. The second-order valence-electron chi connectivity index (χ2n) is 7.06. The second kappa shape index (κ2) is 8.86. The first-order valence-electron chi connectivity index (χ1n) is 9.73. The molecule has 0 atom stereocenters. The summed E-state index contributed by atoms with van der Waals surface area (Å²) in [6.45, 7) is 4.67. The van der Waals surface area contributed by atoms with Crippen LogP contribution in [-0.2, 0) is 14.8 Å². The maximum atomic E-state index is 13.4. The molecule has 2 N–H and O–H groups in total. The fourth-order valence-electron chi connectivity index (χ4n) is 3.14. The van der Waals surface area contributed by atoms with Crippen molar-refractivity contribution in [2.75, 3.05) is 41.2 Å². The van der Waals surface area contributed by atoms with E-state index in [1.165, 1.54) is 18.2 Å². The van der Waals surface area contributed by atoms with E-state index in [1.807, 2.05) is 13.0 Å². The molecule has 1 aliphatic heterocycles. The highest BCUT2D eigenvalue weighted by Crippen LogP contribution is 2.22. The van der Waals surface area contributed by atoms with Crippen molar-refractivity contribution in [3.05, 3.63) is 66.1 Å². The van der Waals surface area contributed by atoms with E-state index in [9.17, 15) is 12.8 Å². The van der Waals surface area contributed by atoms with Crippen molar-refractivity contribution >= 4 is 33.2 Å². The van der Waals surface area contributed by atoms with Crippen molar-refractivity contribution in [3.8, 4) is 0 Å². The van der Waals surface area contributed by atoms with Crippen LogP contribution >= 0.6 is 0 Å². The Morgan fingerprint density at radius 2 is 1.71 bits per heavy atom. The van der Waals surface area contributed by atoms with E-state index in [4.69, 9.17) is 4.74 Å². The molecule has 162 valence electrons. The monoisotopic (exact) mass is 443 g/mol. The van der Waals surface area contributed by atoms with E-state index < -0.39 is 15.8 Å².